The average Bonchev–Trinajstić information content (AvgIpc) is 1.75. The van der Waals surface area contributed by atoms with Crippen LogP contribution in [0.3, 0.4) is 0 Å². The van der Waals surface area contributed by atoms with Gasteiger partial charge in [0.2, 0.25) is 0 Å². The molecule has 0 fully saturated rings. The van der Waals surface area contributed by atoms with Crippen LogP contribution in [0.4, 0.5) is 0 Å². The third kappa shape index (κ3) is 10.3. The molecule has 0 amide bonds. The lowest BCUT2D eigenvalue weighted by Crippen LogP contribution is -2.32. The van der Waals surface area contributed by atoms with Crippen LogP contribution >= 0.6 is 0 Å². The van der Waals surface area contributed by atoms with E-state index >= 15 is 0 Å². The second-order valence-electron chi connectivity index (χ2n) is 29.4. The van der Waals surface area contributed by atoms with E-state index < -0.39 is 10.8 Å². The van der Waals surface area contributed by atoms with Gasteiger partial charge in [-0.1, -0.05) is 328 Å². The maximum absolute atomic E-state index is 7.08. The number of rotatable bonds is 11. The van der Waals surface area contributed by atoms with Crippen LogP contribution in [0.1, 0.15) is 44.5 Å². The van der Waals surface area contributed by atoms with Crippen molar-refractivity contribution >= 4 is 0 Å². The van der Waals surface area contributed by atoms with Crippen molar-refractivity contribution in [2.75, 3.05) is 0 Å². The monoisotopic (exact) mass is 1430 g/mol. The van der Waals surface area contributed by atoms with Gasteiger partial charge in [0.15, 0.2) is 11.6 Å². The van der Waals surface area contributed by atoms with Gasteiger partial charge in [-0.15, -0.1) is 0 Å². The molecule has 2 spiro atoms. The van der Waals surface area contributed by atoms with Crippen LogP contribution < -0.4 is 9.47 Å². The van der Waals surface area contributed by atoms with E-state index in [4.69, 9.17) is 29.4 Å². The predicted molar refractivity (Wildman–Crippen MR) is 452 cm³/mol. The van der Waals surface area contributed by atoms with Crippen molar-refractivity contribution < 1.29 is 9.47 Å². The Labute approximate surface area is 649 Å². The molecular formula is C106H66N4O2. The van der Waals surface area contributed by atoms with E-state index in [0.29, 0.717) is 11.6 Å². The summed E-state index contributed by atoms with van der Waals surface area (Å²) < 4.78 is 13.9. The summed E-state index contributed by atoms with van der Waals surface area (Å²) >= 11 is 0. The smallest absolute Gasteiger partial charge is 0.160 e. The molecule has 2 aliphatic heterocycles. The Hall–Kier alpha value is -14.7. The molecule has 1 atom stereocenters. The van der Waals surface area contributed by atoms with Gasteiger partial charge in [0.1, 0.15) is 23.0 Å². The van der Waals surface area contributed by atoms with Crippen LogP contribution in [0.25, 0.3) is 146 Å². The molecule has 2 aromatic heterocycles. The molecule has 0 N–H and O–H groups in total. The van der Waals surface area contributed by atoms with E-state index in [1.807, 2.05) is 24.3 Å². The van der Waals surface area contributed by atoms with Crippen LogP contribution in [-0.4, -0.2) is 19.9 Å². The maximum Gasteiger partial charge on any atom is 0.160 e. The number of fused-ring (bicyclic) bond motifs is 18. The molecule has 1 unspecified atom stereocenters. The Kier molecular flexibility index (Phi) is 15.0. The van der Waals surface area contributed by atoms with Crippen molar-refractivity contribution in [1.82, 2.24) is 19.9 Å². The van der Waals surface area contributed by atoms with Gasteiger partial charge in [-0.25, -0.2) is 19.9 Å². The highest BCUT2D eigenvalue weighted by Gasteiger charge is 2.53. The molecule has 4 aliphatic rings. The number of hydrogen-bond donors (Lipinski definition) is 0. The minimum atomic E-state index is -0.776. The molecule has 16 aromatic carbocycles. The van der Waals surface area contributed by atoms with Crippen LogP contribution in [0.5, 0.6) is 23.0 Å². The Morgan fingerprint density at radius 3 is 0.938 bits per heavy atom. The number of para-hydroxylation sites is 2. The van der Waals surface area contributed by atoms with E-state index in [1.54, 1.807) is 0 Å². The van der Waals surface area contributed by atoms with Gasteiger partial charge < -0.3 is 9.47 Å². The van der Waals surface area contributed by atoms with Crippen molar-refractivity contribution in [2.24, 2.45) is 0 Å². The van der Waals surface area contributed by atoms with E-state index in [-0.39, 0.29) is 0 Å². The quantitative estimate of drug-likeness (QED) is 0.129. The minimum Gasteiger partial charge on any atom is -0.457 e. The maximum atomic E-state index is 7.08. The van der Waals surface area contributed by atoms with Crippen LogP contribution in [0.15, 0.2) is 400 Å². The summed E-state index contributed by atoms with van der Waals surface area (Å²) in [4.78, 5) is 21.5. The molecule has 18 aromatic rings. The second-order valence-corrected chi connectivity index (χ2v) is 29.4. The molecular weight excluding hydrogens is 1360 g/mol. The summed E-state index contributed by atoms with van der Waals surface area (Å²) in [5, 5.41) is 0. The van der Waals surface area contributed by atoms with Crippen molar-refractivity contribution in [1.29, 1.82) is 0 Å². The highest BCUT2D eigenvalue weighted by atomic mass is 16.5. The second kappa shape index (κ2) is 26.0. The summed E-state index contributed by atoms with van der Waals surface area (Å²) in [5.41, 5.74) is 33.0. The zero-order valence-electron chi connectivity index (χ0n) is 60.7. The predicted octanol–water partition coefficient (Wildman–Crippen LogP) is 26.5. The van der Waals surface area contributed by atoms with E-state index in [2.05, 4.69) is 376 Å². The summed E-state index contributed by atoms with van der Waals surface area (Å²) in [6.07, 6.45) is 0. The Morgan fingerprint density at radius 1 is 0.152 bits per heavy atom. The minimum absolute atomic E-state index is 0.573. The third-order valence-corrected chi connectivity index (χ3v) is 23.3. The van der Waals surface area contributed by atoms with Gasteiger partial charge in [0.25, 0.3) is 0 Å². The van der Waals surface area contributed by atoms with Gasteiger partial charge in [-0.3, -0.25) is 0 Å². The van der Waals surface area contributed by atoms with Crippen molar-refractivity contribution in [3.8, 4) is 169 Å². The number of benzene rings is 16. The van der Waals surface area contributed by atoms with Gasteiger partial charge in [-0.05, 0) is 173 Å². The number of nitrogens with zero attached hydrogens (tertiary/aromatic N) is 4. The fourth-order valence-electron chi connectivity index (χ4n) is 18.2. The lowest BCUT2D eigenvalue weighted by molar-refractivity contribution is 0.436. The highest BCUT2D eigenvalue weighted by molar-refractivity contribution is 5.94. The summed E-state index contributed by atoms with van der Waals surface area (Å²) in [5.74, 6) is 4.70. The molecule has 22 rings (SSSR count). The zero-order valence-corrected chi connectivity index (χ0v) is 60.7. The average molecular weight is 1430 g/mol. The number of ether oxygens (including phenoxy) is 2. The topological polar surface area (TPSA) is 70.0 Å². The largest absolute Gasteiger partial charge is 0.457 e. The summed E-state index contributed by atoms with van der Waals surface area (Å²) in [6.45, 7) is 0. The fourth-order valence-corrected chi connectivity index (χ4v) is 18.2. The summed E-state index contributed by atoms with van der Waals surface area (Å²) in [7, 11) is 0. The van der Waals surface area contributed by atoms with Gasteiger partial charge in [0, 0.05) is 55.6 Å². The molecule has 0 saturated heterocycles. The molecule has 4 heterocycles. The van der Waals surface area contributed by atoms with E-state index in [1.165, 1.54) is 44.5 Å². The van der Waals surface area contributed by atoms with Crippen LogP contribution in [0, 0.1) is 0 Å². The highest BCUT2D eigenvalue weighted by Crippen LogP contribution is 2.65. The van der Waals surface area contributed by atoms with Gasteiger partial charge in [0.05, 0.1) is 33.6 Å². The van der Waals surface area contributed by atoms with Crippen molar-refractivity contribution in [3.63, 3.8) is 0 Å². The molecule has 6 nitrogen and oxygen atoms in total. The van der Waals surface area contributed by atoms with Crippen LogP contribution in [0.2, 0.25) is 0 Å². The Morgan fingerprint density at radius 2 is 0.446 bits per heavy atom. The van der Waals surface area contributed by atoms with Gasteiger partial charge in [-0.2, -0.15) is 0 Å². The first-order valence-corrected chi connectivity index (χ1v) is 38.2. The lowest BCUT2D eigenvalue weighted by Gasteiger charge is -2.39. The standard InChI is InChI=1S/C106H66N4O2/c1-5-25-67(26-6-1)78-59-79(61-80(60-78)97-65-95(107-103(109-97)73-29-9-3-10-30-73)71-49-45-68(46-50-71)75-54-57-101-93(63-75)105(90-41-21-23-43-99(90)111-101)87-38-18-15-34-82(87)83-35-16-19-39-88(83)105)77-53-56-85-84-36-17-20-40-89(84)106(92(85)62-77)91-42-22-24-44-100(91)112-102-58-55-76(64-94(102)106)69-47-51-72(52-48-69)96-66-98(110-104(108-96)74-31-11-4-12-32-74)86-37-14-13-33-81(86)70-27-7-2-8-28-70/h1-66H. The van der Waals surface area contributed by atoms with E-state index in [0.717, 1.165) is 157 Å². The lowest BCUT2D eigenvalue weighted by atomic mass is 9.65. The Bertz CT molecular complexity index is 6750. The molecule has 112 heavy (non-hydrogen) atoms. The number of aromatic nitrogens is 4. The third-order valence-electron chi connectivity index (χ3n) is 23.3. The molecule has 2 aliphatic carbocycles. The van der Waals surface area contributed by atoms with Gasteiger partial charge >= 0.3 is 0 Å². The SMILES string of the molecule is c1ccc(-c2cc(-c3ccc4c(c3)C3(c5ccccc5Oc5ccc(-c6ccc(-c7cc(-c8ccccc8-c8ccccc8)nc(-c8ccccc8)n7)cc6)cc53)c3ccccc3-4)cc(-c3cc(-c4ccc(-c5ccc6c(c5)C5(c7ccccc7O6)c6ccccc6-c6ccccc65)cc4)nc(-c4ccccc4)n3)c2)cc1. The van der Waals surface area contributed by atoms with Crippen molar-refractivity contribution in [2.45, 2.75) is 10.8 Å². The summed E-state index contributed by atoms with van der Waals surface area (Å²) in [6, 6.07) is 144. The first-order valence-electron chi connectivity index (χ1n) is 38.2. The number of hydrogen-bond acceptors (Lipinski definition) is 6. The first-order chi connectivity index (χ1) is 55.5. The van der Waals surface area contributed by atoms with Crippen molar-refractivity contribution in [3.05, 3.63) is 445 Å². The zero-order chi connectivity index (χ0) is 73.9. The molecule has 522 valence electrons. The molecule has 0 bridgehead atoms. The van der Waals surface area contributed by atoms with E-state index in [9.17, 15) is 0 Å². The molecule has 0 radical (unpaired) electrons. The fraction of sp³-hybridized carbons (Fsp3) is 0.0189. The Balaban J connectivity index is 0.653. The van der Waals surface area contributed by atoms with Crippen LogP contribution in [-0.2, 0) is 10.8 Å². The normalized spacial score (nSPS) is 14.0. The molecule has 0 saturated carbocycles. The molecule has 6 heteroatoms. The first kappa shape index (κ1) is 64.5.